The van der Waals surface area contributed by atoms with Crippen LogP contribution in [0.25, 0.3) is 10.8 Å². The fourth-order valence-corrected chi connectivity index (χ4v) is 2.88. The van der Waals surface area contributed by atoms with Crippen LogP contribution in [0.5, 0.6) is 0 Å². The summed E-state index contributed by atoms with van der Waals surface area (Å²) in [5, 5.41) is 6.14. The van der Waals surface area contributed by atoms with Gasteiger partial charge in [-0.05, 0) is 35.3 Å². The van der Waals surface area contributed by atoms with E-state index in [2.05, 4.69) is 41.5 Å². The van der Waals surface area contributed by atoms with Gasteiger partial charge in [-0.25, -0.2) is 0 Å². The molecule has 2 heterocycles. The second kappa shape index (κ2) is 5.90. The summed E-state index contributed by atoms with van der Waals surface area (Å²) in [4.78, 5) is 4.18. The molecule has 0 radical (unpaired) electrons. The van der Waals surface area contributed by atoms with Gasteiger partial charge in [0.1, 0.15) is 0 Å². The van der Waals surface area contributed by atoms with Gasteiger partial charge in [0.2, 0.25) is 0 Å². The van der Waals surface area contributed by atoms with Crippen molar-refractivity contribution in [2.75, 3.05) is 19.8 Å². The highest BCUT2D eigenvalue weighted by Crippen LogP contribution is 2.28. The van der Waals surface area contributed by atoms with Crippen LogP contribution in [0.1, 0.15) is 25.3 Å². The lowest BCUT2D eigenvalue weighted by molar-refractivity contribution is 0.0240. The maximum atomic E-state index is 5.45. The summed E-state index contributed by atoms with van der Waals surface area (Å²) < 4.78 is 5.45. The molecule has 1 aliphatic heterocycles. The highest BCUT2D eigenvalue weighted by molar-refractivity contribution is 5.84. The van der Waals surface area contributed by atoms with Crippen molar-refractivity contribution in [3.05, 3.63) is 42.2 Å². The summed E-state index contributed by atoms with van der Waals surface area (Å²) in [7, 11) is 0. The minimum absolute atomic E-state index is 0.379. The third kappa shape index (κ3) is 3.00. The molecule has 3 heteroatoms. The molecule has 3 rings (SSSR count). The Hall–Kier alpha value is -1.45. The Morgan fingerprint density at radius 3 is 2.95 bits per heavy atom. The Bertz CT molecular complexity index is 571. The van der Waals surface area contributed by atoms with Crippen LogP contribution in [0.4, 0.5) is 0 Å². The molecular weight excluding hydrogens is 248 g/mol. The van der Waals surface area contributed by atoms with Gasteiger partial charge in [-0.1, -0.05) is 25.1 Å². The van der Waals surface area contributed by atoms with Gasteiger partial charge in [0.25, 0.3) is 0 Å². The van der Waals surface area contributed by atoms with Crippen molar-refractivity contribution < 1.29 is 4.74 Å². The lowest BCUT2D eigenvalue weighted by Crippen LogP contribution is -2.36. The van der Waals surface area contributed by atoms with Crippen LogP contribution in [-0.4, -0.2) is 24.7 Å². The molecule has 1 aliphatic rings. The lowest BCUT2D eigenvalue weighted by Gasteiger charge is -2.33. The highest BCUT2D eigenvalue weighted by atomic mass is 16.5. The first-order valence-corrected chi connectivity index (χ1v) is 7.37. The maximum Gasteiger partial charge on any atom is 0.0471 e. The van der Waals surface area contributed by atoms with Crippen molar-refractivity contribution in [2.24, 2.45) is 5.41 Å². The van der Waals surface area contributed by atoms with Crippen molar-refractivity contribution in [3.63, 3.8) is 0 Å². The van der Waals surface area contributed by atoms with E-state index in [0.717, 1.165) is 39.1 Å². The van der Waals surface area contributed by atoms with E-state index in [1.54, 1.807) is 0 Å². The zero-order chi connectivity index (χ0) is 13.8. The van der Waals surface area contributed by atoms with Gasteiger partial charge in [-0.15, -0.1) is 0 Å². The van der Waals surface area contributed by atoms with Gasteiger partial charge in [0.15, 0.2) is 0 Å². The van der Waals surface area contributed by atoms with Crippen molar-refractivity contribution in [3.8, 4) is 0 Å². The predicted molar refractivity (Wildman–Crippen MR) is 81.6 cm³/mol. The molecule has 2 aromatic rings. The average molecular weight is 270 g/mol. The first kappa shape index (κ1) is 13.5. The zero-order valence-corrected chi connectivity index (χ0v) is 12.1. The van der Waals surface area contributed by atoms with E-state index in [4.69, 9.17) is 4.74 Å². The SMILES string of the molecule is CC1(CNCc2cccc3cnccc23)CCOCC1. The molecule has 1 N–H and O–H groups in total. The van der Waals surface area contributed by atoms with E-state index in [-0.39, 0.29) is 0 Å². The van der Waals surface area contributed by atoms with E-state index < -0.39 is 0 Å². The molecule has 0 saturated carbocycles. The molecule has 1 saturated heterocycles. The second-order valence-corrected chi connectivity index (χ2v) is 6.04. The summed E-state index contributed by atoms with van der Waals surface area (Å²) in [6, 6.07) is 8.52. The van der Waals surface area contributed by atoms with Crippen molar-refractivity contribution >= 4 is 10.8 Å². The molecule has 1 fully saturated rings. The summed E-state index contributed by atoms with van der Waals surface area (Å²) >= 11 is 0. The van der Waals surface area contributed by atoms with E-state index in [0.29, 0.717) is 5.41 Å². The Balaban J connectivity index is 1.65. The Morgan fingerprint density at radius 2 is 2.10 bits per heavy atom. The van der Waals surface area contributed by atoms with E-state index in [9.17, 15) is 0 Å². The summed E-state index contributed by atoms with van der Waals surface area (Å²) in [6.45, 7) is 6.13. The first-order chi connectivity index (χ1) is 9.77. The summed E-state index contributed by atoms with van der Waals surface area (Å²) in [5.41, 5.74) is 1.73. The Morgan fingerprint density at radius 1 is 1.25 bits per heavy atom. The van der Waals surface area contributed by atoms with Crippen LogP contribution in [0, 0.1) is 5.41 Å². The average Bonchev–Trinajstić information content (AvgIpc) is 2.48. The number of nitrogens with zero attached hydrogens (tertiary/aromatic N) is 1. The van der Waals surface area contributed by atoms with E-state index in [1.807, 2.05) is 12.4 Å². The zero-order valence-electron chi connectivity index (χ0n) is 12.1. The number of nitrogens with one attached hydrogen (secondary N) is 1. The minimum atomic E-state index is 0.379. The lowest BCUT2D eigenvalue weighted by atomic mass is 9.82. The molecule has 0 atom stereocenters. The van der Waals surface area contributed by atoms with Gasteiger partial charge >= 0.3 is 0 Å². The predicted octanol–water partition coefficient (Wildman–Crippen LogP) is 3.14. The van der Waals surface area contributed by atoms with Crippen molar-refractivity contribution in [2.45, 2.75) is 26.3 Å². The Kier molecular flexibility index (Phi) is 3.99. The summed E-state index contributed by atoms with van der Waals surface area (Å²) in [6.07, 6.45) is 6.10. The van der Waals surface area contributed by atoms with Gasteiger partial charge in [-0.2, -0.15) is 0 Å². The van der Waals surface area contributed by atoms with E-state index >= 15 is 0 Å². The molecule has 1 aromatic carbocycles. The molecule has 3 nitrogen and oxygen atoms in total. The van der Waals surface area contributed by atoms with Crippen LogP contribution in [0.2, 0.25) is 0 Å². The van der Waals surface area contributed by atoms with Crippen LogP contribution >= 0.6 is 0 Å². The molecule has 0 aliphatic carbocycles. The fraction of sp³-hybridized carbons (Fsp3) is 0.471. The first-order valence-electron chi connectivity index (χ1n) is 7.37. The Labute approximate surface area is 120 Å². The third-order valence-electron chi connectivity index (χ3n) is 4.34. The van der Waals surface area contributed by atoms with Crippen molar-refractivity contribution in [1.29, 1.82) is 0 Å². The van der Waals surface area contributed by atoms with Crippen LogP contribution < -0.4 is 5.32 Å². The van der Waals surface area contributed by atoms with Gasteiger partial charge in [-0.3, -0.25) is 4.98 Å². The topological polar surface area (TPSA) is 34.2 Å². The van der Waals surface area contributed by atoms with Gasteiger partial charge in [0.05, 0.1) is 0 Å². The molecule has 0 bridgehead atoms. The number of rotatable bonds is 4. The maximum absolute atomic E-state index is 5.45. The number of benzene rings is 1. The molecule has 1 aromatic heterocycles. The fourth-order valence-electron chi connectivity index (χ4n) is 2.88. The van der Waals surface area contributed by atoms with Crippen LogP contribution in [0.15, 0.2) is 36.7 Å². The molecule has 20 heavy (non-hydrogen) atoms. The molecule has 0 amide bonds. The molecular formula is C17H22N2O. The normalized spacial score (nSPS) is 18.2. The third-order valence-corrected chi connectivity index (χ3v) is 4.34. The van der Waals surface area contributed by atoms with Crippen LogP contribution in [0.3, 0.4) is 0 Å². The number of aromatic nitrogens is 1. The number of ether oxygens (including phenoxy) is 1. The molecule has 106 valence electrons. The van der Waals surface area contributed by atoms with Crippen molar-refractivity contribution in [1.82, 2.24) is 10.3 Å². The van der Waals surface area contributed by atoms with Crippen LogP contribution in [-0.2, 0) is 11.3 Å². The quantitative estimate of drug-likeness (QED) is 0.926. The number of hydrogen-bond donors (Lipinski definition) is 1. The highest BCUT2D eigenvalue weighted by Gasteiger charge is 2.26. The summed E-state index contributed by atoms with van der Waals surface area (Å²) in [5.74, 6) is 0. The molecule has 0 unspecified atom stereocenters. The minimum Gasteiger partial charge on any atom is -0.381 e. The smallest absolute Gasteiger partial charge is 0.0471 e. The monoisotopic (exact) mass is 270 g/mol. The largest absolute Gasteiger partial charge is 0.381 e. The second-order valence-electron chi connectivity index (χ2n) is 6.04. The van der Waals surface area contributed by atoms with E-state index in [1.165, 1.54) is 16.3 Å². The standard InChI is InChI=1S/C17H22N2O/c1-17(6-9-20-10-7-17)13-19-12-15-4-2-3-14-11-18-8-5-16(14)15/h2-5,8,11,19H,6-7,9-10,12-13H2,1H3. The number of fused-ring (bicyclic) bond motifs is 1. The molecule has 0 spiro atoms. The number of hydrogen-bond acceptors (Lipinski definition) is 3. The van der Waals surface area contributed by atoms with Gasteiger partial charge < -0.3 is 10.1 Å². The van der Waals surface area contributed by atoms with Gasteiger partial charge in [0, 0.05) is 44.1 Å². The number of pyridine rings is 1.